The smallest absolute Gasteiger partial charge is 0.213 e. The molecule has 7 nitrogen and oxygen atoms in total. The lowest BCUT2D eigenvalue weighted by Gasteiger charge is -2.06. The number of hydrogen-bond acceptors (Lipinski definition) is 7. The predicted molar refractivity (Wildman–Crippen MR) is 74.1 cm³/mol. The molecule has 0 fully saturated rings. The van der Waals surface area contributed by atoms with Crippen molar-refractivity contribution in [3.8, 4) is 6.07 Å². The number of sulfone groups is 1. The lowest BCUT2D eigenvalue weighted by molar-refractivity contribution is 0.409. The number of nitrogens with one attached hydrogen (secondary N) is 1. The van der Waals surface area contributed by atoms with Crippen LogP contribution >= 0.6 is 0 Å². The first-order chi connectivity index (χ1) is 10.1. The maximum Gasteiger partial charge on any atom is 0.213 e. The molecule has 0 radical (unpaired) electrons. The van der Waals surface area contributed by atoms with E-state index in [9.17, 15) is 8.42 Å². The van der Waals surface area contributed by atoms with Gasteiger partial charge in [0.05, 0.1) is 22.3 Å². The van der Waals surface area contributed by atoms with Gasteiger partial charge in [-0.05, 0) is 18.2 Å². The molecule has 0 bridgehead atoms. The molecule has 110 valence electrons. The fourth-order valence-corrected chi connectivity index (χ4v) is 2.95. The van der Waals surface area contributed by atoms with E-state index in [1.54, 1.807) is 12.1 Å². The second-order valence-corrected chi connectivity index (χ2v) is 6.42. The highest BCUT2D eigenvalue weighted by Gasteiger charge is 2.14. The Hall–Kier alpha value is -2.24. The highest BCUT2D eigenvalue weighted by Crippen LogP contribution is 2.12. The Morgan fingerprint density at radius 1 is 1.33 bits per heavy atom. The van der Waals surface area contributed by atoms with Gasteiger partial charge in [-0.25, -0.2) is 8.42 Å². The van der Waals surface area contributed by atoms with E-state index in [1.807, 2.05) is 6.07 Å². The van der Waals surface area contributed by atoms with E-state index >= 15 is 0 Å². The molecule has 1 aromatic heterocycles. The van der Waals surface area contributed by atoms with Crippen molar-refractivity contribution in [2.75, 3.05) is 18.8 Å². The normalized spacial score (nSPS) is 11.2. The first kappa shape index (κ1) is 15.2. The van der Waals surface area contributed by atoms with Crippen LogP contribution in [-0.2, 0) is 16.3 Å². The van der Waals surface area contributed by atoms with Gasteiger partial charge in [-0.2, -0.15) is 10.2 Å². The number of nitrogens with zero attached hydrogens (tertiary/aromatic N) is 3. The number of hydrogen-bond donors (Lipinski definition) is 1. The second-order valence-electron chi connectivity index (χ2n) is 4.31. The Morgan fingerprint density at radius 2 is 2.19 bits per heavy atom. The van der Waals surface area contributed by atoms with Gasteiger partial charge in [0.1, 0.15) is 0 Å². The summed E-state index contributed by atoms with van der Waals surface area (Å²) in [5, 5.41) is 15.5. The Morgan fingerprint density at radius 3 is 2.90 bits per heavy atom. The summed E-state index contributed by atoms with van der Waals surface area (Å²) < 4.78 is 28.8. The third-order valence-corrected chi connectivity index (χ3v) is 4.52. The summed E-state index contributed by atoms with van der Waals surface area (Å²) in [5.74, 6) is 0.542. The molecule has 2 aromatic rings. The van der Waals surface area contributed by atoms with Gasteiger partial charge in [0, 0.05) is 19.5 Å². The maximum atomic E-state index is 12.1. The number of rotatable bonds is 7. The van der Waals surface area contributed by atoms with Gasteiger partial charge in [0.2, 0.25) is 6.39 Å². The largest absolute Gasteiger partial charge is 0.343 e. The Kier molecular flexibility index (Phi) is 5.03. The van der Waals surface area contributed by atoms with Crippen molar-refractivity contribution < 1.29 is 12.9 Å². The molecule has 0 saturated heterocycles. The standard InChI is InChI=1S/C13H14N4O3S/c14-9-11-2-1-3-12(8-11)21(18,19)7-6-15-5-4-13-16-10-20-17-13/h1-3,8,10,15H,4-7H2. The average Bonchev–Trinajstić information content (AvgIpc) is 3.00. The van der Waals surface area contributed by atoms with Crippen molar-refractivity contribution in [1.29, 1.82) is 5.26 Å². The lowest BCUT2D eigenvalue weighted by Crippen LogP contribution is -2.25. The summed E-state index contributed by atoms with van der Waals surface area (Å²) >= 11 is 0. The molecule has 0 aliphatic rings. The lowest BCUT2D eigenvalue weighted by atomic mass is 10.2. The zero-order valence-electron chi connectivity index (χ0n) is 11.2. The van der Waals surface area contributed by atoms with Crippen LogP contribution in [-0.4, -0.2) is 37.4 Å². The van der Waals surface area contributed by atoms with Crippen molar-refractivity contribution in [2.45, 2.75) is 11.3 Å². The monoisotopic (exact) mass is 306 g/mol. The van der Waals surface area contributed by atoms with Crippen molar-refractivity contribution in [3.63, 3.8) is 0 Å². The van der Waals surface area contributed by atoms with Crippen LogP contribution in [0.25, 0.3) is 0 Å². The summed E-state index contributed by atoms with van der Waals surface area (Å²) in [5.41, 5.74) is 0.334. The van der Waals surface area contributed by atoms with E-state index in [0.717, 1.165) is 0 Å². The van der Waals surface area contributed by atoms with Gasteiger partial charge in [0.25, 0.3) is 0 Å². The quantitative estimate of drug-likeness (QED) is 0.744. The first-order valence-electron chi connectivity index (χ1n) is 6.31. The van der Waals surface area contributed by atoms with Gasteiger partial charge in [-0.15, -0.1) is 0 Å². The molecule has 0 unspecified atom stereocenters. The zero-order valence-corrected chi connectivity index (χ0v) is 12.0. The van der Waals surface area contributed by atoms with E-state index in [4.69, 9.17) is 5.26 Å². The van der Waals surface area contributed by atoms with Gasteiger partial charge in [-0.1, -0.05) is 11.2 Å². The highest BCUT2D eigenvalue weighted by molar-refractivity contribution is 7.91. The van der Waals surface area contributed by atoms with Crippen LogP contribution in [0, 0.1) is 11.3 Å². The highest BCUT2D eigenvalue weighted by atomic mass is 32.2. The molecule has 0 aliphatic carbocycles. The van der Waals surface area contributed by atoms with Crippen molar-refractivity contribution >= 4 is 9.84 Å². The molecule has 1 N–H and O–H groups in total. The van der Waals surface area contributed by atoms with Crippen LogP contribution < -0.4 is 5.32 Å². The summed E-state index contributed by atoms with van der Waals surface area (Å²) in [6, 6.07) is 7.94. The molecular weight excluding hydrogens is 292 g/mol. The topological polar surface area (TPSA) is 109 Å². The fraction of sp³-hybridized carbons (Fsp3) is 0.308. The van der Waals surface area contributed by atoms with Crippen molar-refractivity contribution in [2.24, 2.45) is 0 Å². The summed E-state index contributed by atoms with van der Waals surface area (Å²) in [7, 11) is -3.39. The minimum absolute atomic E-state index is 0.0336. The second kappa shape index (κ2) is 6.97. The molecular formula is C13H14N4O3S. The molecule has 0 amide bonds. The Bertz CT molecular complexity index is 720. The Labute approximate surface area is 122 Å². The molecule has 0 atom stereocenters. The number of nitriles is 1. The van der Waals surface area contributed by atoms with Crippen LogP contribution in [0.1, 0.15) is 11.4 Å². The number of benzene rings is 1. The van der Waals surface area contributed by atoms with E-state index in [1.165, 1.54) is 18.5 Å². The molecule has 0 saturated carbocycles. The summed E-state index contributed by atoms with van der Waals surface area (Å²) in [4.78, 5) is 4.03. The summed E-state index contributed by atoms with van der Waals surface area (Å²) in [6.07, 6.45) is 1.82. The van der Waals surface area contributed by atoms with E-state index in [-0.39, 0.29) is 10.6 Å². The Balaban J connectivity index is 1.82. The fourth-order valence-electron chi connectivity index (χ4n) is 1.71. The SMILES string of the molecule is N#Cc1cccc(S(=O)(=O)CCNCCc2ncon2)c1. The maximum absolute atomic E-state index is 12.1. The molecule has 21 heavy (non-hydrogen) atoms. The predicted octanol–water partition coefficient (Wildman–Crippen LogP) is 0.547. The number of aromatic nitrogens is 2. The molecule has 0 spiro atoms. The molecule has 1 aromatic carbocycles. The third-order valence-electron chi connectivity index (χ3n) is 2.80. The van der Waals surface area contributed by atoms with Gasteiger partial charge < -0.3 is 9.84 Å². The van der Waals surface area contributed by atoms with Crippen LogP contribution in [0.15, 0.2) is 40.1 Å². The van der Waals surface area contributed by atoms with Crippen LogP contribution in [0.5, 0.6) is 0 Å². The van der Waals surface area contributed by atoms with Crippen LogP contribution in [0.2, 0.25) is 0 Å². The first-order valence-corrected chi connectivity index (χ1v) is 7.96. The van der Waals surface area contributed by atoms with E-state index in [2.05, 4.69) is 20.0 Å². The summed E-state index contributed by atoms with van der Waals surface area (Å²) in [6.45, 7) is 0.879. The van der Waals surface area contributed by atoms with Crippen LogP contribution in [0.3, 0.4) is 0 Å². The van der Waals surface area contributed by atoms with E-state index in [0.29, 0.717) is 30.9 Å². The third kappa shape index (κ3) is 4.37. The van der Waals surface area contributed by atoms with Gasteiger partial charge >= 0.3 is 0 Å². The zero-order chi connectivity index (χ0) is 15.1. The van der Waals surface area contributed by atoms with Gasteiger partial charge in [0.15, 0.2) is 15.7 Å². The van der Waals surface area contributed by atoms with Gasteiger partial charge in [-0.3, -0.25) is 0 Å². The molecule has 0 aliphatic heterocycles. The van der Waals surface area contributed by atoms with E-state index < -0.39 is 9.84 Å². The molecule has 1 heterocycles. The van der Waals surface area contributed by atoms with Crippen LogP contribution in [0.4, 0.5) is 0 Å². The molecule has 2 rings (SSSR count). The van der Waals surface area contributed by atoms with Crippen molar-refractivity contribution in [1.82, 2.24) is 15.5 Å². The minimum atomic E-state index is -3.39. The average molecular weight is 306 g/mol. The molecule has 8 heteroatoms. The minimum Gasteiger partial charge on any atom is -0.343 e. The van der Waals surface area contributed by atoms with Crippen molar-refractivity contribution in [3.05, 3.63) is 42.0 Å².